The molecule has 0 spiro atoms. The van der Waals surface area contributed by atoms with Crippen LogP contribution in [-0.2, 0) is 14.2 Å². The molecule has 0 bridgehead atoms. The highest BCUT2D eigenvalue weighted by atomic mass is 127. The molecule has 1 saturated heterocycles. The summed E-state index contributed by atoms with van der Waals surface area (Å²) in [5.41, 5.74) is 0. The molecular weight excluding hydrogens is 433 g/mol. The van der Waals surface area contributed by atoms with E-state index in [2.05, 4.69) is 15.6 Å². The molecule has 1 atom stereocenters. The third kappa shape index (κ3) is 10.6. The average Bonchev–Trinajstić information content (AvgIpc) is 2.98. The maximum atomic E-state index is 5.97. The Morgan fingerprint density at radius 3 is 2.36 bits per heavy atom. The first-order chi connectivity index (χ1) is 11.9. The lowest BCUT2D eigenvalue weighted by molar-refractivity contribution is 0.0190. The van der Waals surface area contributed by atoms with E-state index in [4.69, 9.17) is 14.2 Å². The number of ether oxygens (including phenoxy) is 3. The van der Waals surface area contributed by atoms with Gasteiger partial charge in [0.15, 0.2) is 5.96 Å². The summed E-state index contributed by atoms with van der Waals surface area (Å²) in [4.78, 5) is 4.22. The maximum absolute atomic E-state index is 5.97. The Bertz CT molecular complexity index is 344. The van der Waals surface area contributed by atoms with Crippen LogP contribution in [0, 0.1) is 0 Å². The molecule has 0 radical (unpaired) electrons. The molecule has 148 valence electrons. The van der Waals surface area contributed by atoms with Crippen LogP contribution in [0.25, 0.3) is 0 Å². The highest BCUT2D eigenvalue weighted by Crippen LogP contribution is 2.19. The summed E-state index contributed by atoms with van der Waals surface area (Å²) in [6, 6.07) is 0. The minimum atomic E-state index is 0. The molecule has 7 heteroatoms. The lowest BCUT2D eigenvalue weighted by atomic mass is 10.1. The lowest BCUT2D eigenvalue weighted by Crippen LogP contribution is -2.40. The van der Waals surface area contributed by atoms with Crippen molar-refractivity contribution in [3.8, 4) is 0 Å². The molecule has 0 aromatic carbocycles. The van der Waals surface area contributed by atoms with Crippen molar-refractivity contribution in [2.24, 2.45) is 4.99 Å². The van der Waals surface area contributed by atoms with Gasteiger partial charge in [0.1, 0.15) is 0 Å². The Labute approximate surface area is 169 Å². The molecule has 25 heavy (non-hydrogen) atoms. The second-order valence-electron chi connectivity index (χ2n) is 6.62. The fourth-order valence-electron chi connectivity index (χ4n) is 3.26. The zero-order valence-electron chi connectivity index (χ0n) is 15.6. The number of rotatable bonds is 9. The Morgan fingerprint density at radius 2 is 1.72 bits per heavy atom. The van der Waals surface area contributed by atoms with Crippen LogP contribution in [0.3, 0.4) is 0 Å². The van der Waals surface area contributed by atoms with Crippen molar-refractivity contribution in [2.45, 2.75) is 63.6 Å². The molecular formula is C18H36IN3O3. The maximum Gasteiger partial charge on any atom is 0.191 e. The number of hydrogen-bond acceptors (Lipinski definition) is 4. The van der Waals surface area contributed by atoms with Crippen molar-refractivity contribution >= 4 is 29.9 Å². The molecule has 2 N–H and O–H groups in total. The van der Waals surface area contributed by atoms with Crippen molar-refractivity contribution in [1.29, 1.82) is 0 Å². The largest absolute Gasteiger partial charge is 0.377 e. The quantitative estimate of drug-likeness (QED) is 0.179. The smallest absolute Gasteiger partial charge is 0.191 e. The van der Waals surface area contributed by atoms with Gasteiger partial charge in [-0.1, -0.05) is 25.7 Å². The molecule has 2 aliphatic rings. The number of nitrogens with zero attached hydrogens (tertiary/aromatic N) is 1. The van der Waals surface area contributed by atoms with Gasteiger partial charge in [0, 0.05) is 26.7 Å². The Morgan fingerprint density at radius 1 is 1.00 bits per heavy atom. The third-order valence-electron chi connectivity index (χ3n) is 4.64. The SMILES string of the molecule is CN=C(NCCOCC1CCCO1)NCCOC1CCCCCC1.I. The van der Waals surface area contributed by atoms with E-state index in [-0.39, 0.29) is 24.0 Å². The van der Waals surface area contributed by atoms with Crippen LogP contribution in [0.5, 0.6) is 0 Å². The van der Waals surface area contributed by atoms with E-state index in [1.807, 2.05) is 0 Å². The van der Waals surface area contributed by atoms with Crippen LogP contribution >= 0.6 is 24.0 Å². The molecule has 1 saturated carbocycles. The first kappa shape index (κ1) is 22.9. The van der Waals surface area contributed by atoms with Crippen LogP contribution in [-0.4, -0.2) is 64.7 Å². The van der Waals surface area contributed by atoms with Crippen LogP contribution in [0.2, 0.25) is 0 Å². The van der Waals surface area contributed by atoms with E-state index in [1.54, 1.807) is 7.05 Å². The van der Waals surface area contributed by atoms with Gasteiger partial charge in [-0.05, 0) is 25.7 Å². The third-order valence-corrected chi connectivity index (χ3v) is 4.64. The second-order valence-corrected chi connectivity index (χ2v) is 6.62. The van der Waals surface area contributed by atoms with Crippen molar-refractivity contribution in [1.82, 2.24) is 10.6 Å². The highest BCUT2D eigenvalue weighted by Gasteiger charge is 2.15. The van der Waals surface area contributed by atoms with E-state index < -0.39 is 0 Å². The van der Waals surface area contributed by atoms with Gasteiger partial charge < -0.3 is 24.8 Å². The zero-order chi connectivity index (χ0) is 16.9. The van der Waals surface area contributed by atoms with Crippen molar-refractivity contribution in [3.63, 3.8) is 0 Å². The van der Waals surface area contributed by atoms with Crippen LogP contribution in [0.4, 0.5) is 0 Å². The van der Waals surface area contributed by atoms with Crippen molar-refractivity contribution in [3.05, 3.63) is 0 Å². The van der Waals surface area contributed by atoms with Gasteiger partial charge in [0.25, 0.3) is 0 Å². The summed E-state index contributed by atoms with van der Waals surface area (Å²) in [7, 11) is 1.79. The molecule has 1 aliphatic heterocycles. The standard InChI is InChI=1S/C18H35N3O3.HI/c1-19-18(20-10-13-22-15-17-9-6-12-23-17)21-11-14-24-16-7-4-2-3-5-8-16;/h16-17H,2-15H2,1H3,(H2,19,20,21);1H. The minimum absolute atomic E-state index is 0. The summed E-state index contributed by atoms with van der Waals surface area (Å²) in [6.45, 7) is 4.51. The molecule has 2 fully saturated rings. The minimum Gasteiger partial charge on any atom is -0.377 e. The molecule has 1 aliphatic carbocycles. The van der Waals surface area contributed by atoms with Crippen molar-refractivity contribution in [2.75, 3.05) is 46.6 Å². The van der Waals surface area contributed by atoms with Gasteiger partial charge in [-0.2, -0.15) is 0 Å². The van der Waals surface area contributed by atoms with Gasteiger partial charge in [0.05, 0.1) is 32.0 Å². The predicted molar refractivity (Wildman–Crippen MR) is 112 cm³/mol. The van der Waals surface area contributed by atoms with E-state index in [9.17, 15) is 0 Å². The fourth-order valence-corrected chi connectivity index (χ4v) is 3.26. The Hall–Kier alpha value is -0.120. The first-order valence-electron chi connectivity index (χ1n) is 9.64. The lowest BCUT2D eigenvalue weighted by Gasteiger charge is -2.17. The number of guanidine groups is 1. The molecule has 1 unspecified atom stereocenters. The predicted octanol–water partition coefficient (Wildman–Crippen LogP) is 2.70. The van der Waals surface area contributed by atoms with Gasteiger partial charge >= 0.3 is 0 Å². The molecule has 0 aromatic rings. The topological polar surface area (TPSA) is 64.1 Å². The van der Waals surface area contributed by atoms with Crippen LogP contribution in [0.15, 0.2) is 4.99 Å². The molecule has 0 amide bonds. The normalized spacial score (nSPS) is 22.3. The number of halogens is 1. The van der Waals surface area contributed by atoms with E-state index >= 15 is 0 Å². The summed E-state index contributed by atoms with van der Waals surface area (Å²) in [5, 5.41) is 6.55. The summed E-state index contributed by atoms with van der Waals surface area (Å²) in [5.74, 6) is 0.806. The first-order valence-corrected chi connectivity index (χ1v) is 9.64. The average molecular weight is 469 g/mol. The summed E-state index contributed by atoms with van der Waals surface area (Å²) >= 11 is 0. The summed E-state index contributed by atoms with van der Waals surface area (Å²) < 4.78 is 17.1. The van der Waals surface area contributed by atoms with E-state index in [0.717, 1.165) is 45.1 Å². The van der Waals surface area contributed by atoms with E-state index in [1.165, 1.54) is 38.5 Å². The molecule has 0 aromatic heterocycles. The summed E-state index contributed by atoms with van der Waals surface area (Å²) in [6.07, 6.45) is 10.8. The number of nitrogens with one attached hydrogen (secondary N) is 2. The molecule has 1 heterocycles. The second kappa shape index (κ2) is 15.0. The van der Waals surface area contributed by atoms with Crippen LogP contribution < -0.4 is 10.6 Å². The Kier molecular flexibility index (Phi) is 13.7. The van der Waals surface area contributed by atoms with Gasteiger partial charge in [-0.15, -0.1) is 24.0 Å². The molecule has 2 rings (SSSR count). The highest BCUT2D eigenvalue weighted by molar-refractivity contribution is 14.0. The van der Waals surface area contributed by atoms with E-state index in [0.29, 0.717) is 25.4 Å². The number of aliphatic imine (C=N–C) groups is 1. The van der Waals surface area contributed by atoms with Gasteiger partial charge in [0.2, 0.25) is 0 Å². The van der Waals surface area contributed by atoms with Gasteiger partial charge in [-0.25, -0.2) is 0 Å². The fraction of sp³-hybridized carbons (Fsp3) is 0.944. The van der Waals surface area contributed by atoms with Crippen LogP contribution in [0.1, 0.15) is 51.4 Å². The number of hydrogen-bond donors (Lipinski definition) is 2. The zero-order valence-corrected chi connectivity index (χ0v) is 18.0. The van der Waals surface area contributed by atoms with Crippen molar-refractivity contribution < 1.29 is 14.2 Å². The monoisotopic (exact) mass is 469 g/mol. The Balaban J connectivity index is 0.00000312. The molecule has 6 nitrogen and oxygen atoms in total. The van der Waals surface area contributed by atoms with Gasteiger partial charge in [-0.3, -0.25) is 4.99 Å².